The van der Waals surface area contributed by atoms with Crippen LogP contribution in [0.3, 0.4) is 0 Å². The first-order valence-corrected chi connectivity index (χ1v) is 8.40. The molecule has 0 bridgehead atoms. The first-order chi connectivity index (χ1) is 12.1. The first-order valence-electron chi connectivity index (χ1n) is 8.40. The van der Waals surface area contributed by atoms with Gasteiger partial charge in [0.25, 0.3) is 0 Å². The summed E-state index contributed by atoms with van der Waals surface area (Å²) in [4.78, 5) is 17.2. The summed E-state index contributed by atoms with van der Waals surface area (Å²) in [7, 11) is 0. The van der Waals surface area contributed by atoms with Gasteiger partial charge in [0.15, 0.2) is 5.78 Å². The molecule has 3 aromatic rings. The molecule has 0 amide bonds. The third kappa shape index (κ3) is 2.88. The number of fused-ring (bicyclic) bond motifs is 1. The van der Waals surface area contributed by atoms with Crippen LogP contribution in [0.1, 0.15) is 34.8 Å². The van der Waals surface area contributed by atoms with Crippen LogP contribution >= 0.6 is 0 Å². The fraction of sp³-hybridized carbons (Fsp3) is 0.316. The molecule has 0 spiro atoms. The molecule has 0 fully saturated rings. The molecule has 1 unspecified atom stereocenters. The third-order valence-corrected chi connectivity index (χ3v) is 4.86. The van der Waals surface area contributed by atoms with Crippen molar-refractivity contribution in [3.63, 3.8) is 0 Å². The van der Waals surface area contributed by atoms with Crippen LogP contribution in [-0.4, -0.2) is 20.5 Å². The van der Waals surface area contributed by atoms with E-state index in [9.17, 15) is 9.18 Å². The molecule has 0 saturated carbocycles. The highest BCUT2D eigenvalue weighted by atomic mass is 19.1. The SMILES string of the molecule is Cc1nccn1CCC1CCc2onc(-c3ccc(F)cc3)c2C1=O. The summed E-state index contributed by atoms with van der Waals surface area (Å²) in [6.45, 7) is 2.71. The lowest BCUT2D eigenvalue weighted by atomic mass is 9.82. The second-order valence-electron chi connectivity index (χ2n) is 6.39. The molecule has 2 aromatic heterocycles. The lowest BCUT2D eigenvalue weighted by Gasteiger charge is -2.20. The number of halogens is 1. The van der Waals surface area contributed by atoms with Gasteiger partial charge in [0.1, 0.15) is 23.1 Å². The average Bonchev–Trinajstić information content (AvgIpc) is 3.22. The van der Waals surface area contributed by atoms with E-state index >= 15 is 0 Å². The zero-order valence-electron chi connectivity index (χ0n) is 13.9. The van der Waals surface area contributed by atoms with Crippen LogP contribution in [0.4, 0.5) is 4.39 Å². The highest BCUT2D eigenvalue weighted by molar-refractivity contribution is 6.04. The maximum Gasteiger partial charge on any atom is 0.171 e. The summed E-state index contributed by atoms with van der Waals surface area (Å²) >= 11 is 0. The molecular weight excluding hydrogens is 321 g/mol. The van der Waals surface area contributed by atoms with Crippen LogP contribution in [-0.2, 0) is 13.0 Å². The van der Waals surface area contributed by atoms with E-state index in [2.05, 4.69) is 14.7 Å². The van der Waals surface area contributed by atoms with Gasteiger partial charge in [-0.25, -0.2) is 9.37 Å². The summed E-state index contributed by atoms with van der Waals surface area (Å²) in [5.41, 5.74) is 1.78. The quantitative estimate of drug-likeness (QED) is 0.725. The van der Waals surface area contributed by atoms with E-state index < -0.39 is 0 Å². The molecule has 0 saturated heterocycles. The number of nitrogens with zero attached hydrogens (tertiary/aromatic N) is 3. The van der Waals surface area contributed by atoms with Crippen molar-refractivity contribution in [1.29, 1.82) is 0 Å². The number of hydrogen-bond acceptors (Lipinski definition) is 4. The molecule has 1 aliphatic rings. The van der Waals surface area contributed by atoms with E-state index in [-0.39, 0.29) is 17.5 Å². The Bertz CT molecular complexity index is 911. The summed E-state index contributed by atoms with van der Waals surface area (Å²) in [5.74, 6) is 1.27. The largest absolute Gasteiger partial charge is 0.360 e. The van der Waals surface area contributed by atoms with Gasteiger partial charge in [0.2, 0.25) is 0 Å². The Balaban J connectivity index is 1.58. The molecule has 4 rings (SSSR count). The van der Waals surface area contributed by atoms with Crippen LogP contribution < -0.4 is 0 Å². The van der Waals surface area contributed by atoms with Crippen LogP contribution in [0.25, 0.3) is 11.3 Å². The Morgan fingerprint density at radius 3 is 2.84 bits per heavy atom. The molecular formula is C19H18FN3O2. The maximum atomic E-state index is 13.2. The number of aryl methyl sites for hydroxylation is 3. The van der Waals surface area contributed by atoms with E-state index in [0.717, 1.165) is 25.2 Å². The van der Waals surface area contributed by atoms with Crippen molar-refractivity contribution >= 4 is 5.78 Å². The highest BCUT2D eigenvalue weighted by Gasteiger charge is 2.33. The molecule has 0 radical (unpaired) electrons. The minimum atomic E-state index is -0.319. The molecule has 1 aliphatic carbocycles. The lowest BCUT2D eigenvalue weighted by Crippen LogP contribution is -2.23. The Hall–Kier alpha value is -2.76. The fourth-order valence-electron chi connectivity index (χ4n) is 3.40. The number of Topliss-reactive ketones (excluding diaryl/α,β-unsaturated/α-hetero) is 1. The van der Waals surface area contributed by atoms with E-state index in [1.54, 1.807) is 18.3 Å². The minimum Gasteiger partial charge on any atom is -0.360 e. The highest BCUT2D eigenvalue weighted by Crippen LogP contribution is 2.34. The predicted molar refractivity (Wildman–Crippen MR) is 89.6 cm³/mol. The number of imidazole rings is 1. The second kappa shape index (κ2) is 6.27. The summed E-state index contributed by atoms with van der Waals surface area (Å²) < 4.78 is 20.6. The van der Waals surface area contributed by atoms with Crippen LogP contribution in [0, 0.1) is 18.7 Å². The van der Waals surface area contributed by atoms with Crippen molar-refractivity contribution in [1.82, 2.24) is 14.7 Å². The Labute approximate surface area is 144 Å². The number of carbonyl (C=O) groups is 1. The standard InChI is InChI=1S/C19H18FN3O2/c1-12-21-9-11-23(12)10-8-14-4-7-16-17(19(14)24)18(22-25-16)13-2-5-15(20)6-3-13/h2-3,5-6,9,11,14H,4,7-8,10H2,1H3. The van der Waals surface area contributed by atoms with Gasteiger partial charge in [0.05, 0.1) is 5.56 Å². The smallest absolute Gasteiger partial charge is 0.171 e. The molecule has 6 heteroatoms. The summed E-state index contributed by atoms with van der Waals surface area (Å²) in [6.07, 6.45) is 5.91. The number of aromatic nitrogens is 3. The lowest BCUT2D eigenvalue weighted by molar-refractivity contribution is 0.0886. The van der Waals surface area contributed by atoms with E-state index in [4.69, 9.17) is 4.52 Å². The van der Waals surface area contributed by atoms with Gasteiger partial charge >= 0.3 is 0 Å². The van der Waals surface area contributed by atoms with E-state index in [0.29, 0.717) is 29.0 Å². The van der Waals surface area contributed by atoms with Gasteiger partial charge in [-0.3, -0.25) is 4.79 Å². The molecule has 5 nitrogen and oxygen atoms in total. The molecule has 0 aliphatic heterocycles. The van der Waals surface area contributed by atoms with Crippen molar-refractivity contribution in [2.24, 2.45) is 5.92 Å². The molecule has 2 heterocycles. The molecule has 128 valence electrons. The van der Waals surface area contributed by atoms with E-state index in [1.165, 1.54) is 12.1 Å². The fourth-order valence-corrected chi connectivity index (χ4v) is 3.40. The van der Waals surface area contributed by atoms with Crippen molar-refractivity contribution in [3.8, 4) is 11.3 Å². The predicted octanol–water partition coefficient (Wildman–Crippen LogP) is 3.82. The van der Waals surface area contributed by atoms with Crippen molar-refractivity contribution < 1.29 is 13.7 Å². The molecule has 1 aromatic carbocycles. The van der Waals surface area contributed by atoms with Gasteiger partial charge in [-0.2, -0.15) is 0 Å². The van der Waals surface area contributed by atoms with Crippen LogP contribution in [0.5, 0.6) is 0 Å². The Kier molecular flexibility index (Phi) is 3.95. The van der Waals surface area contributed by atoms with Crippen molar-refractivity contribution in [2.75, 3.05) is 0 Å². The maximum absolute atomic E-state index is 13.2. The first kappa shape index (κ1) is 15.7. The number of hydrogen-bond donors (Lipinski definition) is 0. The topological polar surface area (TPSA) is 60.9 Å². The number of rotatable bonds is 4. The van der Waals surface area contributed by atoms with Gasteiger partial charge < -0.3 is 9.09 Å². The number of ketones is 1. The third-order valence-electron chi connectivity index (χ3n) is 4.86. The zero-order valence-corrected chi connectivity index (χ0v) is 13.9. The monoisotopic (exact) mass is 339 g/mol. The van der Waals surface area contributed by atoms with Gasteiger partial charge in [-0.1, -0.05) is 5.16 Å². The van der Waals surface area contributed by atoms with Gasteiger partial charge in [-0.05, 0) is 44.0 Å². The van der Waals surface area contributed by atoms with Crippen LogP contribution in [0.15, 0.2) is 41.2 Å². The minimum absolute atomic E-state index is 0.0621. The van der Waals surface area contributed by atoms with Crippen molar-refractivity contribution in [2.45, 2.75) is 32.7 Å². The average molecular weight is 339 g/mol. The summed E-state index contributed by atoms with van der Waals surface area (Å²) in [5, 5.41) is 4.07. The molecule has 1 atom stereocenters. The van der Waals surface area contributed by atoms with E-state index in [1.807, 2.05) is 13.1 Å². The molecule has 25 heavy (non-hydrogen) atoms. The number of benzene rings is 1. The Morgan fingerprint density at radius 1 is 1.32 bits per heavy atom. The Morgan fingerprint density at radius 2 is 2.12 bits per heavy atom. The number of carbonyl (C=O) groups excluding carboxylic acids is 1. The summed E-state index contributed by atoms with van der Waals surface area (Å²) in [6, 6.07) is 5.98. The van der Waals surface area contributed by atoms with Crippen molar-refractivity contribution in [3.05, 3.63) is 59.6 Å². The zero-order chi connectivity index (χ0) is 17.4. The normalized spacial score (nSPS) is 16.9. The van der Waals surface area contributed by atoms with Crippen LogP contribution in [0.2, 0.25) is 0 Å². The van der Waals surface area contributed by atoms with Gasteiger partial charge in [0, 0.05) is 36.8 Å². The second-order valence-corrected chi connectivity index (χ2v) is 6.39. The molecule has 0 N–H and O–H groups in total. The van der Waals surface area contributed by atoms with Gasteiger partial charge in [-0.15, -0.1) is 0 Å².